The lowest BCUT2D eigenvalue weighted by molar-refractivity contribution is -0.131. The van der Waals surface area contributed by atoms with Crippen molar-refractivity contribution in [3.05, 3.63) is 47.5 Å². The third-order valence-electron chi connectivity index (χ3n) is 4.63. The van der Waals surface area contributed by atoms with Gasteiger partial charge in [0.25, 0.3) is 0 Å². The van der Waals surface area contributed by atoms with Crippen molar-refractivity contribution in [2.75, 3.05) is 34.3 Å². The van der Waals surface area contributed by atoms with E-state index >= 15 is 0 Å². The van der Waals surface area contributed by atoms with Gasteiger partial charge in [0.1, 0.15) is 11.6 Å². The Morgan fingerprint density at radius 1 is 1.35 bits per heavy atom. The quantitative estimate of drug-likeness (QED) is 0.816. The minimum absolute atomic E-state index is 0.00770. The molecule has 1 aromatic heterocycles. The Labute approximate surface area is 153 Å². The van der Waals surface area contributed by atoms with Crippen molar-refractivity contribution in [2.45, 2.75) is 19.5 Å². The van der Waals surface area contributed by atoms with Gasteiger partial charge in [-0.25, -0.2) is 4.39 Å². The number of hydrogen-bond acceptors (Lipinski definition) is 4. The second-order valence-corrected chi connectivity index (χ2v) is 7.04. The molecule has 6 nitrogen and oxygen atoms in total. The molecule has 1 atom stereocenters. The van der Waals surface area contributed by atoms with Gasteiger partial charge in [-0.2, -0.15) is 5.10 Å². The van der Waals surface area contributed by atoms with Gasteiger partial charge in [-0.15, -0.1) is 0 Å². The van der Waals surface area contributed by atoms with E-state index in [4.69, 9.17) is 4.74 Å². The van der Waals surface area contributed by atoms with E-state index < -0.39 is 0 Å². The lowest BCUT2D eigenvalue weighted by Gasteiger charge is -2.26. The molecule has 140 valence electrons. The zero-order chi connectivity index (χ0) is 18.7. The summed E-state index contributed by atoms with van der Waals surface area (Å²) in [5, 5.41) is 4.39. The summed E-state index contributed by atoms with van der Waals surface area (Å²) >= 11 is 0. The summed E-state index contributed by atoms with van der Waals surface area (Å²) in [4.78, 5) is 17.0. The highest BCUT2D eigenvalue weighted by Gasteiger charge is 2.26. The molecule has 0 aliphatic carbocycles. The van der Waals surface area contributed by atoms with Crippen molar-refractivity contribution >= 4 is 5.91 Å². The molecular formula is C19H25FN4O2. The van der Waals surface area contributed by atoms with Crippen molar-refractivity contribution in [3.8, 4) is 5.75 Å². The zero-order valence-electron chi connectivity index (χ0n) is 15.5. The first kappa shape index (κ1) is 18.4. The standard InChI is InChI=1S/C19H25FN4O2/c1-22(2)10-14-11-23(13-17-6-7-21-24(17)12-14)19(25)8-15-4-5-16(20)9-18(15)26-3/h4-7,9,14H,8,10-13H2,1-3H3. The molecule has 2 aromatic rings. The lowest BCUT2D eigenvalue weighted by Crippen LogP contribution is -2.38. The molecule has 1 unspecified atom stereocenters. The molecule has 0 radical (unpaired) electrons. The van der Waals surface area contributed by atoms with Crippen LogP contribution in [0.5, 0.6) is 5.75 Å². The number of carbonyl (C=O) groups is 1. The summed E-state index contributed by atoms with van der Waals surface area (Å²) < 4.78 is 20.6. The van der Waals surface area contributed by atoms with Crippen molar-refractivity contribution in [3.63, 3.8) is 0 Å². The first-order valence-corrected chi connectivity index (χ1v) is 8.72. The molecule has 26 heavy (non-hydrogen) atoms. The first-order valence-electron chi connectivity index (χ1n) is 8.72. The lowest BCUT2D eigenvalue weighted by atomic mass is 10.1. The second kappa shape index (κ2) is 7.86. The maximum absolute atomic E-state index is 13.4. The number of hydrogen-bond donors (Lipinski definition) is 0. The van der Waals surface area contributed by atoms with Crippen LogP contribution >= 0.6 is 0 Å². The predicted octanol–water partition coefficient (Wildman–Crippen LogP) is 1.79. The molecule has 0 N–H and O–H groups in total. The molecule has 7 heteroatoms. The third kappa shape index (κ3) is 4.22. The minimum atomic E-state index is -0.372. The van der Waals surface area contributed by atoms with Crippen molar-refractivity contribution in [1.82, 2.24) is 19.6 Å². The molecule has 0 saturated carbocycles. The average Bonchev–Trinajstić information content (AvgIpc) is 2.94. The van der Waals surface area contributed by atoms with Crippen LogP contribution in [-0.2, 0) is 24.3 Å². The van der Waals surface area contributed by atoms with Crippen molar-refractivity contribution < 1.29 is 13.9 Å². The van der Waals surface area contributed by atoms with E-state index in [0.29, 0.717) is 30.3 Å². The molecule has 1 aliphatic rings. The second-order valence-electron chi connectivity index (χ2n) is 7.04. The Balaban J connectivity index is 1.79. The van der Waals surface area contributed by atoms with E-state index in [1.54, 1.807) is 12.3 Å². The summed E-state index contributed by atoms with van der Waals surface area (Å²) in [6.07, 6.45) is 1.96. The smallest absolute Gasteiger partial charge is 0.227 e. The summed E-state index contributed by atoms with van der Waals surface area (Å²) in [5.74, 6) is 0.337. The van der Waals surface area contributed by atoms with Gasteiger partial charge in [-0.05, 0) is 26.2 Å². The number of aromatic nitrogens is 2. The Morgan fingerprint density at radius 2 is 2.15 bits per heavy atom. The van der Waals surface area contributed by atoms with E-state index in [1.807, 2.05) is 29.7 Å². The SMILES string of the molecule is COc1cc(F)ccc1CC(=O)N1Cc2ccnn2CC(CN(C)C)C1. The Morgan fingerprint density at radius 3 is 2.88 bits per heavy atom. The molecule has 1 amide bonds. The number of halogens is 1. The van der Waals surface area contributed by atoms with Gasteiger partial charge in [0, 0.05) is 43.4 Å². The van der Waals surface area contributed by atoms with Crippen LogP contribution in [0.3, 0.4) is 0 Å². The first-order chi connectivity index (χ1) is 12.5. The number of benzene rings is 1. The van der Waals surface area contributed by atoms with E-state index in [9.17, 15) is 9.18 Å². The number of amides is 1. The highest BCUT2D eigenvalue weighted by atomic mass is 19.1. The van der Waals surface area contributed by atoms with Crippen LogP contribution in [0.15, 0.2) is 30.5 Å². The van der Waals surface area contributed by atoms with Crippen LogP contribution in [0.1, 0.15) is 11.3 Å². The Bertz CT molecular complexity index is 775. The summed E-state index contributed by atoms with van der Waals surface area (Å²) in [7, 11) is 5.55. The summed E-state index contributed by atoms with van der Waals surface area (Å²) in [5.41, 5.74) is 1.73. The van der Waals surface area contributed by atoms with E-state index in [-0.39, 0.29) is 18.1 Å². The van der Waals surface area contributed by atoms with E-state index in [1.165, 1.54) is 19.2 Å². The van der Waals surface area contributed by atoms with Gasteiger partial charge in [0.2, 0.25) is 5.91 Å². The van der Waals surface area contributed by atoms with Crippen LogP contribution in [0.25, 0.3) is 0 Å². The molecule has 3 rings (SSSR count). The molecule has 2 heterocycles. The van der Waals surface area contributed by atoms with Gasteiger partial charge in [0.05, 0.1) is 25.8 Å². The van der Waals surface area contributed by atoms with Crippen LogP contribution in [0.2, 0.25) is 0 Å². The fourth-order valence-corrected chi connectivity index (χ4v) is 3.49. The molecule has 0 fully saturated rings. The van der Waals surface area contributed by atoms with Gasteiger partial charge in [-0.3, -0.25) is 9.48 Å². The maximum Gasteiger partial charge on any atom is 0.227 e. The largest absolute Gasteiger partial charge is 0.496 e. The molecular weight excluding hydrogens is 335 g/mol. The number of nitrogens with zero attached hydrogens (tertiary/aromatic N) is 4. The predicted molar refractivity (Wildman–Crippen MR) is 96.3 cm³/mol. The summed E-state index contributed by atoms with van der Waals surface area (Å²) in [6.45, 7) is 2.88. The maximum atomic E-state index is 13.4. The topological polar surface area (TPSA) is 50.6 Å². The van der Waals surface area contributed by atoms with E-state index in [0.717, 1.165) is 18.8 Å². The van der Waals surface area contributed by atoms with E-state index in [2.05, 4.69) is 10.00 Å². The molecule has 1 aliphatic heterocycles. The van der Waals surface area contributed by atoms with Crippen LogP contribution in [0.4, 0.5) is 4.39 Å². The molecule has 0 bridgehead atoms. The number of methoxy groups -OCH3 is 1. The van der Waals surface area contributed by atoms with Gasteiger partial charge in [0.15, 0.2) is 0 Å². The van der Waals surface area contributed by atoms with Gasteiger partial charge < -0.3 is 14.5 Å². The Hall–Kier alpha value is -2.41. The minimum Gasteiger partial charge on any atom is -0.496 e. The van der Waals surface area contributed by atoms with Crippen molar-refractivity contribution in [1.29, 1.82) is 0 Å². The highest BCUT2D eigenvalue weighted by Crippen LogP contribution is 2.22. The van der Waals surface area contributed by atoms with Gasteiger partial charge in [-0.1, -0.05) is 6.07 Å². The molecule has 0 saturated heterocycles. The number of carbonyl (C=O) groups excluding carboxylic acids is 1. The van der Waals surface area contributed by atoms with Crippen LogP contribution < -0.4 is 4.74 Å². The summed E-state index contributed by atoms with van der Waals surface area (Å²) in [6, 6.07) is 6.24. The highest BCUT2D eigenvalue weighted by molar-refractivity contribution is 5.79. The zero-order valence-corrected chi connectivity index (χ0v) is 15.5. The molecule has 0 spiro atoms. The number of fused-ring (bicyclic) bond motifs is 1. The van der Waals surface area contributed by atoms with Crippen molar-refractivity contribution in [2.24, 2.45) is 5.92 Å². The van der Waals surface area contributed by atoms with Crippen LogP contribution in [-0.4, -0.2) is 59.8 Å². The monoisotopic (exact) mass is 360 g/mol. The fraction of sp³-hybridized carbons (Fsp3) is 0.474. The number of ether oxygens (including phenoxy) is 1. The fourth-order valence-electron chi connectivity index (χ4n) is 3.49. The average molecular weight is 360 g/mol. The normalized spacial score (nSPS) is 17.1. The number of rotatable bonds is 5. The molecule has 1 aromatic carbocycles. The van der Waals surface area contributed by atoms with Gasteiger partial charge >= 0.3 is 0 Å². The Kier molecular flexibility index (Phi) is 5.56. The van der Waals surface area contributed by atoms with Crippen LogP contribution in [0, 0.1) is 11.7 Å². The third-order valence-corrected chi connectivity index (χ3v) is 4.63.